The molecule has 0 bridgehead atoms. The highest BCUT2D eigenvalue weighted by Crippen LogP contribution is 2.22. The number of carbonyl (C=O) groups excluding carboxylic acids is 2. The van der Waals surface area contributed by atoms with Gasteiger partial charge in [-0.05, 0) is 48.6 Å². The molecule has 2 aliphatic rings. The summed E-state index contributed by atoms with van der Waals surface area (Å²) in [7, 11) is 0. The second-order valence-electron chi connectivity index (χ2n) is 7.81. The smallest absolute Gasteiger partial charge is 0.317 e. The molecule has 0 aliphatic carbocycles. The predicted molar refractivity (Wildman–Crippen MR) is 116 cm³/mol. The van der Waals surface area contributed by atoms with Crippen molar-refractivity contribution in [3.63, 3.8) is 0 Å². The van der Waals surface area contributed by atoms with Gasteiger partial charge in [-0.2, -0.15) is 0 Å². The molecule has 6 nitrogen and oxygen atoms in total. The van der Waals surface area contributed by atoms with Crippen LogP contribution in [0, 0.1) is 11.7 Å². The highest BCUT2D eigenvalue weighted by Gasteiger charge is 2.32. The van der Waals surface area contributed by atoms with Gasteiger partial charge in [-0.1, -0.05) is 6.07 Å². The van der Waals surface area contributed by atoms with E-state index in [-0.39, 0.29) is 23.7 Å². The molecular formula is C22H27FN4O2S. The summed E-state index contributed by atoms with van der Waals surface area (Å²) in [4.78, 5) is 32.6. The summed E-state index contributed by atoms with van der Waals surface area (Å²) < 4.78 is 13.1. The molecule has 0 saturated carbocycles. The summed E-state index contributed by atoms with van der Waals surface area (Å²) in [5.41, 5.74) is 0.981. The zero-order chi connectivity index (χ0) is 20.9. The highest BCUT2D eigenvalue weighted by molar-refractivity contribution is 7.09. The van der Waals surface area contributed by atoms with Gasteiger partial charge in [0.05, 0.1) is 12.5 Å². The van der Waals surface area contributed by atoms with E-state index in [2.05, 4.69) is 10.2 Å². The maximum Gasteiger partial charge on any atom is 0.317 e. The fourth-order valence-electron chi connectivity index (χ4n) is 4.15. The first-order valence-electron chi connectivity index (χ1n) is 10.4. The highest BCUT2D eigenvalue weighted by atomic mass is 32.1. The number of thiophene rings is 1. The number of halogens is 1. The van der Waals surface area contributed by atoms with E-state index in [0.29, 0.717) is 32.7 Å². The number of hydrogen-bond acceptors (Lipinski definition) is 4. The van der Waals surface area contributed by atoms with Crippen LogP contribution >= 0.6 is 11.3 Å². The van der Waals surface area contributed by atoms with Gasteiger partial charge in [-0.15, -0.1) is 11.3 Å². The lowest BCUT2D eigenvalue weighted by Gasteiger charge is -2.39. The van der Waals surface area contributed by atoms with Crippen molar-refractivity contribution < 1.29 is 14.0 Å². The van der Waals surface area contributed by atoms with E-state index in [1.807, 2.05) is 22.4 Å². The van der Waals surface area contributed by atoms with Gasteiger partial charge in [-0.3, -0.25) is 4.79 Å². The Morgan fingerprint density at radius 1 is 1.03 bits per heavy atom. The summed E-state index contributed by atoms with van der Waals surface area (Å²) in [6, 6.07) is 10.4. The van der Waals surface area contributed by atoms with Crippen molar-refractivity contribution >= 4 is 29.0 Å². The molecule has 160 valence electrons. The first-order valence-corrected chi connectivity index (χ1v) is 11.3. The van der Waals surface area contributed by atoms with Crippen LogP contribution in [0.1, 0.15) is 17.7 Å². The SMILES string of the molecule is O=C(NCc1cccs1)N1CCCC(C(=O)N2CCN(c3ccc(F)cc3)CC2)C1. The van der Waals surface area contributed by atoms with E-state index in [1.54, 1.807) is 28.4 Å². The zero-order valence-electron chi connectivity index (χ0n) is 16.9. The Balaban J connectivity index is 1.27. The molecule has 2 aromatic rings. The maximum absolute atomic E-state index is 13.1. The third-order valence-electron chi connectivity index (χ3n) is 5.83. The number of piperazine rings is 1. The standard InChI is InChI=1S/C22H27FN4O2S/c23-18-5-7-19(8-6-18)25-10-12-26(13-11-25)21(28)17-3-1-9-27(16-17)22(29)24-15-20-4-2-14-30-20/h2,4-8,14,17H,1,3,9-13,15-16H2,(H,24,29). The third kappa shape index (κ3) is 4.92. The molecule has 0 spiro atoms. The summed E-state index contributed by atoms with van der Waals surface area (Å²) in [6.45, 7) is 4.46. The Morgan fingerprint density at radius 3 is 2.50 bits per heavy atom. The number of likely N-dealkylation sites (tertiary alicyclic amines) is 1. The van der Waals surface area contributed by atoms with Crippen LogP contribution in [-0.2, 0) is 11.3 Å². The molecule has 1 unspecified atom stereocenters. The number of nitrogens with one attached hydrogen (secondary N) is 1. The van der Waals surface area contributed by atoms with Crippen molar-refractivity contribution in [1.82, 2.24) is 15.1 Å². The topological polar surface area (TPSA) is 55.9 Å². The summed E-state index contributed by atoms with van der Waals surface area (Å²) in [6.07, 6.45) is 1.67. The number of piperidine rings is 1. The average Bonchev–Trinajstić information content (AvgIpc) is 3.31. The molecule has 1 aromatic carbocycles. The summed E-state index contributed by atoms with van der Waals surface area (Å²) in [5, 5.41) is 4.95. The van der Waals surface area contributed by atoms with Crippen molar-refractivity contribution in [2.45, 2.75) is 19.4 Å². The lowest BCUT2D eigenvalue weighted by molar-refractivity contribution is -0.137. The number of urea groups is 1. The first kappa shape index (κ1) is 20.7. The van der Waals surface area contributed by atoms with Gasteiger partial charge in [0.25, 0.3) is 0 Å². The van der Waals surface area contributed by atoms with Crippen LogP contribution in [0.5, 0.6) is 0 Å². The van der Waals surface area contributed by atoms with Crippen molar-refractivity contribution in [3.05, 3.63) is 52.5 Å². The van der Waals surface area contributed by atoms with Crippen LogP contribution in [0.4, 0.5) is 14.9 Å². The van der Waals surface area contributed by atoms with Crippen molar-refractivity contribution in [2.75, 3.05) is 44.2 Å². The molecule has 1 atom stereocenters. The number of anilines is 1. The van der Waals surface area contributed by atoms with Crippen LogP contribution in [0.25, 0.3) is 0 Å². The van der Waals surface area contributed by atoms with Crippen LogP contribution in [0.15, 0.2) is 41.8 Å². The van der Waals surface area contributed by atoms with E-state index >= 15 is 0 Å². The molecule has 1 N–H and O–H groups in total. The van der Waals surface area contributed by atoms with Crippen LogP contribution in [-0.4, -0.2) is 61.0 Å². The minimum Gasteiger partial charge on any atom is -0.368 e. The molecule has 2 saturated heterocycles. The van der Waals surface area contributed by atoms with Crippen LogP contribution < -0.4 is 10.2 Å². The molecule has 1 aromatic heterocycles. The van der Waals surface area contributed by atoms with Crippen LogP contribution in [0.3, 0.4) is 0 Å². The lowest BCUT2D eigenvalue weighted by Crippen LogP contribution is -2.54. The molecule has 3 amide bonds. The molecule has 30 heavy (non-hydrogen) atoms. The average molecular weight is 431 g/mol. The molecule has 2 aliphatic heterocycles. The quantitative estimate of drug-likeness (QED) is 0.811. The second kappa shape index (κ2) is 9.47. The second-order valence-corrected chi connectivity index (χ2v) is 8.84. The van der Waals surface area contributed by atoms with Crippen molar-refractivity contribution in [3.8, 4) is 0 Å². The Bertz CT molecular complexity index is 851. The Hall–Kier alpha value is -2.61. The summed E-state index contributed by atoms with van der Waals surface area (Å²) >= 11 is 1.62. The van der Waals surface area contributed by atoms with Crippen LogP contribution in [0.2, 0.25) is 0 Å². The predicted octanol–water partition coefficient (Wildman–Crippen LogP) is 3.16. The molecular weight excluding hydrogens is 403 g/mol. The van der Waals surface area contributed by atoms with E-state index in [0.717, 1.165) is 36.5 Å². The largest absolute Gasteiger partial charge is 0.368 e. The van der Waals surface area contributed by atoms with Gasteiger partial charge in [0, 0.05) is 49.8 Å². The van der Waals surface area contributed by atoms with Crippen molar-refractivity contribution in [1.29, 1.82) is 0 Å². The normalized spacial score (nSPS) is 19.6. The number of nitrogens with zero attached hydrogens (tertiary/aromatic N) is 3. The van der Waals surface area contributed by atoms with E-state index in [1.165, 1.54) is 12.1 Å². The number of benzene rings is 1. The zero-order valence-corrected chi connectivity index (χ0v) is 17.7. The van der Waals surface area contributed by atoms with E-state index in [9.17, 15) is 14.0 Å². The monoisotopic (exact) mass is 430 g/mol. The van der Waals surface area contributed by atoms with E-state index in [4.69, 9.17) is 0 Å². The number of hydrogen-bond donors (Lipinski definition) is 1. The van der Waals surface area contributed by atoms with Gasteiger partial charge < -0.3 is 20.0 Å². The van der Waals surface area contributed by atoms with E-state index < -0.39 is 0 Å². The lowest BCUT2D eigenvalue weighted by atomic mass is 9.96. The molecule has 8 heteroatoms. The van der Waals surface area contributed by atoms with Crippen molar-refractivity contribution in [2.24, 2.45) is 5.92 Å². The molecule has 4 rings (SSSR count). The fourth-order valence-corrected chi connectivity index (χ4v) is 4.79. The Kier molecular flexibility index (Phi) is 6.52. The number of amides is 3. The summed E-state index contributed by atoms with van der Waals surface area (Å²) in [5.74, 6) is -0.234. The third-order valence-corrected chi connectivity index (χ3v) is 6.71. The Morgan fingerprint density at radius 2 is 1.80 bits per heavy atom. The minimum absolute atomic E-state index is 0.0953. The number of rotatable bonds is 4. The van der Waals surface area contributed by atoms with Gasteiger partial charge in [-0.25, -0.2) is 9.18 Å². The van der Waals surface area contributed by atoms with Gasteiger partial charge in [0.15, 0.2) is 0 Å². The van der Waals surface area contributed by atoms with Gasteiger partial charge in [0.1, 0.15) is 5.82 Å². The maximum atomic E-state index is 13.1. The fraction of sp³-hybridized carbons (Fsp3) is 0.455. The van der Waals surface area contributed by atoms with Gasteiger partial charge in [0.2, 0.25) is 5.91 Å². The molecule has 3 heterocycles. The number of carbonyl (C=O) groups is 2. The first-order chi connectivity index (χ1) is 14.6. The minimum atomic E-state index is -0.242. The molecule has 0 radical (unpaired) electrons. The van der Waals surface area contributed by atoms with Gasteiger partial charge >= 0.3 is 6.03 Å². The Labute approximate surface area is 180 Å². The molecule has 2 fully saturated rings.